The molecule has 2 aliphatic rings. The maximum Gasteiger partial charge on any atom is -0.00204 e. The van der Waals surface area contributed by atoms with Crippen LogP contribution in [0.4, 0.5) is 0 Å². The second-order valence-corrected chi connectivity index (χ2v) is 14.7. The topological polar surface area (TPSA) is 0 Å². The second kappa shape index (κ2) is 12.2. The maximum absolute atomic E-state index is 2.54. The van der Waals surface area contributed by atoms with Crippen LogP contribution in [0.3, 0.4) is 0 Å². The van der Waals surface area contributed by atoms with E-state index in [1.54, 1.807) is 5.30 Å². The molecule has 0 saturated heterocycles. The quantitative estimate of drug-likeness (QED) is 0.217. The molecule has 0 radical (unpaired) electrons. The SMILES string of the molecule is Cc1cccc(-c2cccc(-c3cccc(C)c3)c2-c2ccccc2P(C2CCCCC2)C2CCCCC2)c1. The van der Waals surface area contributed by atoms with E-state index in [9.17, 15) is 0 Å². The summed E-state index contributed by atoms with van der Waals surface area (Å²) in [6.07, 6.45) is 14.3. The minimum atomic E-state index is -0.212. The fraction of sp³-hybridized carbons (Fsp3) is 0.368. The highest BCUT2D eigenvalue weighted by Gasteiger charge is 2.34. The Bertz CT molecular complexity index is 1320. The average Bonchev–Trinajstić information content (AvgIpc) is 2.98. The van der Waals surface area contributed by atoms with Crippen molar-refractivity contribution < 1.29 is 0 Å². The van der Waals surface area contributed by atoms with E-state index in [0.717, 1.165) is 11.3 Å². The highest BCUT2D eigenvalue weighted by Crippen LogP contribution is 2.57. The van der Waals surface area contributed by atoms with Gasteiger partial charge in [-0.2, -0.15) is 0 Å². The molecule has 4 aromatic rings. The van der Waals surface area contributed by atoms with Gasteiger partial charge in [0.1, 0.15) is 0 Å². The summed E-state index contributed by atoms with van der Waals surface area (Å²) in [5.74, 6) is 0. The lowest BCUT2D eigenvalue weighted by Gasteiger charge is -2.40. The Morgan fingerprint density at radius 2 is 0.949 bits per heavy atom. The van der Waals surface area contributed by atoms with Crippen molar-refractivity contribution >= 4 is 13.2 Å². The molecule has 0 unspecified atom stereocenters. The number of aryl methyl sites for hydroxylation is 2. The highest BCUT2D eigenvalue weighted by atomic mass is 31.1. The third kappa shape index (κ3) is 5.78. The van der Waals surface area contributed by atoms with Gasteiger partial charge in [-0.25, -0.2) is 0 Å². The largest absolute Gasteiger partial charge is 0.0683 e. The second-order valence-electron chi connectivity index (χ2n) is 12.0. The zero-order chi connectivity index (χ0) is 26.6. The highest BCUT2D eigenvalue weighted by molar-refractivity contribution is 7.67. The summed E-state index contributed by atoms with van der Waals surface area (Å²) in [7, 11) is -0.212. The van der Waals surface area contributed by atoms with Crippen LogP contribution in [-0.4, -0.2) is 11.3 Å². The van der Waals surface area contributed by atoms with Crippen LogP contribution in [0.1, 0.15) is 75.3 Å². The standard InChI is InChI=1S/C38H43P/c1-28-14-11-16-30(26-28)34-23-13-24-35(31-17-12-15-29(2)27-31)38(34)36-22-9-10-25-37(36)39(32-18-5-3-6-19-32)33-20-7-4-8-21-33/h9-17,22-27,32-33H,3-8,18-21H2,1-2H3. The Morgan fingerprint density at radius 3 is 1.46 bits per heavy atom. The molecule has 0 spiro atoms. The molecule has 0 amide bonds. The van der Waals surface area contributed by atoms with Crippen molar-refractivity contribution in [3.8, 4) is 33.4 Å². The van der Waals surface area contributed by atoms with Gasteiger partial charge in [0.25, 0.3) is 0 Å². The molecule has 0 nitrogen and oxygen atoms in total. The summed E-state index contributed by atoms with van der Waals surface area (Å²) in [6.45, 7) is 4.43. The van der Waals surface area contributed by atoms with Crippen LogP contribution < -0.4 is 5.30 Å². The van der Waals surface area contributed by atoms with Crippen molar-refractivity contribution in [2.24, 2.45) is 0 Å². The van der Waals surface area contributed by atoms with Gasteiger partial charge in [0, 0.05) is 0 Å². The minimum Gasteiger partial charge on any atom is -0.0683 e. The van der Waals surface area contributed by atoms with Crippen molar-refractivity contribution in [1.29, 1.82) is 0 Å². The van der Waals surface area contributed by atoms with E-state index in [4.69, 9.17) is 0 Å². The van der Waals surface area contributed by atoms with E-state index < -0.39 is 0 Å². The number of benzene rings is 4. The Balaban J connectivity index is 1.59. The fourth-order valence-electron chi connectivity index (χ4n) is 7.27. The number of hydrogen-bond acceptors (Lipinski definition) is 0. The molecule has 2 aliphatic carbocycles. The lowest BCUT2D eigenvalue weighted by Crippen LogP contribution is -2.27. The van der Waals surface area contributed by atoms with Crippen LogP contribution in [0.5, 0.6) is 0 Å². The van der Waals surface area contributed by atoms with Crippen molar-refractivity contribution in [3.05, 3.63) is 102 Å². The third-order valence-electron chi connectivity index (χ3n) is 9.11. The summed E-state index contributed by atoms with van der Waals surface area (Å²) in [6, 6.07) is 34.8. The lowest BCUT2D eigenvalue weighted by molar-refractivity contribution is 0.487. The van der Waals surface area contributed by atoms with E-state index in [1.165, 1.54) is 109 Å². The van der Waals surface area contributed by atoms with Gasteiger partial charge < -0.3 is 0 Å². The van der Waals surface area contributed by atoms with Gasteiger partial charge in [-0.1, -0.05) is 149 Å². The van der Waals surface area contributed by atoms with E-state index in [0.29, 0.717) is 0 Å². The molecular formula is C38H43P. The molecule has 4 aromatic carbocycles. The molecule has 2 fully saturated rings. The zero-order valence-corrected chi connectivity index (χ0v) is 24.7. The van der Waals surface area contributed by atoms with Crippen molar-refractivity contribution in [3.63, 3.8) is 0 Å². The van der Waals surface area contributed by atoms with Crippen molar-refractivity contribution in [2.45, 2.75) is 89.4 Å². The van der Waals surface area contributed by atoms with Gasteiger partial charge in [0.15, 0.2) is 0 Å². The molecule has 2 saturated carbocycles. The Kier molecular flexibility index (Phi) is 8.32. The van der Waals surface area contributed by atoms with Crippen molar-refractivity contribution in [1.82, 2.24) is 0 Å². The molecule has 0 aromatic heterocycles. The summed E-state index contributed by atoms with van der Waals surface area (Å²) in [5, 5.41) is 1.68. The molecule has 0 atom stereocenters. The number of hydrogen-bond donors (Lipinski definition) is 0. The predicted molar refractivity (Wildman–Crippen MR) is 173 cm³/mol. The first kappa shape index (κ1) is 26.5. The first-order chi connectivity index (χ1) is 19.2. The zero-order valence-electron chi connectivity index (χ0n) is 23.8. The lowest BCUT2D eigenvalue weighted by atomic mass is 9.87. The number of rotatable bonds is 6. The Morgan fingerprint density at radius 1 is 0.487 bits per heavy atom. The Hall–Kier alpha value is -2.69. The minimum absolute atomic E-state index is 0.212. The summed E-state index contributed by atoms with van der Waals surface area (Å²) >= 11 is 0. The molecule has 0 N–H and O–H groups in total. The molecular weight excluding hydrogens is 487 g/mol. The van der Waals surface area contributed by atoms with Crippen LogP contribution >= 0.6 is 7.92 Å². The van der Waals surface area contributed by atoms with Gasteiger partial charge in [-0.3, -0.25) is 0 Å². The van der Waals surface area contributed by atoms with Crippen molar-refractivity contribution in [2.75, 3.05) is 0 Å². The average molecular weight is 531 g/mol. The molecule has 0 aliphatic heterocycles. The van der Waals surface area contributed by atoms with Gasteiger partial charge in [-0.15, -0.1) is 0 Å². The first-order valence-electron chi connectivity index (χ1n) is 15.3. The summed E-state index contributed by atoms with van der Waals surface area (Å²) in [4.78, 5) is 0. The first-order valence-corrected chi connectivity index (χ1v) is 16.8. The van der Waals surface area contributed by atoms with Crippen LogP contribution in [0, 0.1) is 13.8 Å². The third-order valence-corrected chi connectivity index (χ3v) is 12.7. The van der Waals surface area contributed by atoms with Crippen LogP contribution in [0.25, 0.3) is 33.4 Å². The molecule has 0 heterocycles. The van der Waals surface area contributed by atoms with Gasteiger partial charge in [0.05, 0.1) is 0 Å². The van der Waals surface area contributed by atoms with Crippen LogP contribution in [0.15, 0.2) is 91.0 Å². The fourth-order valence-corrected chi connectivity index (χ4v) is 11.2. The van der Waals surface area contributed by atoms with Crippen LogP contribution in [0.2, 0.25) is 0 Å². The molecule has 1 heteroatoms. The van der Waals surface area contributed by atoms with E-state index in [1.807, 2.05) is 0 Å². The van der Waals surface area contributed by atoms with Gasteiger partial charge >= 0.3 is 0 Å². The van der Waals surface area contributed by atoms with E-state index >= 15 is 0 Å². The Labute approximate surface area is 237 Å². The molecule has 39 heavy (non-hydrogen) atoms. The smallest absolute Gasteiger partial charge is 0.00204 e. The van der Waals surface area contributed by atoms with Gasteiger partial charge in [0.2, 0.25) is 0 Å². The maximum atomic E-state index is 2.54. The summed E-state index contributed by atoms with van der Waals surface area (Å²) in [5.41, 5.74) is 12.7. The van der Waals surface area contributed by atoms with E-state index in [2.05, 4.69) is 105 Å². The predicted octanol–water partition coefficient (Wildman–Crippen LogP) is 11.1. The molecule has 200 valence electrons. The van der Waals surface area contributed by atoms with Crippen LogP contribution in [-0.2, 0) is 0 Å². The van der Waals surface area contributed by atoms with Gasteiger partial charge in [-0.05, 0) is 89.5 Å². The van der Waals surface area contributed by atoms with E-state index in [-0.39, 0.29) is 7.92 Å². The molecule has 6 rings (SSSR count). The summed E-state index contributed by atoms with van der Waals surface area (Å²) < 4.78 is 0. The molecule has 0 bridgehead atoms. The monoisotopic (exact) mass is 530 g/mol. The normalized spacial score (nSPS) is 17.0.